The summed E-state index contributed by atoms with van der Waals surface area (Å²) >= 11 is 0. The first-order valence-electron chi connectivity index (χ1n) is 4.18. The Balaban J connectivity index is 4.38. The molecule has 0 aliphatic carbocycles. The lowest BCUT2D eigenvalue weighted by atomic mass is 10.0. The Labute approximate surface area is 82.5 Å². The molecule has 6 nitrogen and oxygen atoms in total. The van der Waals surface area contributed by atoms with Gasteiger partial charge in [0.2, 0.25) is 0 Å². The summed E-state index contributed by atoms with van der Waals surface area (Å²) in [6.07, 6.45) is -3.67. The van der Waals surface area contributed by atoms with Crippen LogP contribution >= 0.6 is 0 Å². The molecule has 0 aliphatic heterocycles. The highest BCUT2D eigenvalue weighted by atomic mass is 16.5. The van der Waals surface area contributed by atoms with Crippen molar-refractivity contribution in [1.29, 1.82) is 0 Å². The van der Waals surface area contributed by atoms with Crippen LogP contribution in [0.3, 0.4) is 0 Å². The standard InChI is InChI=1S/C8H17NO5/c1-9-3-5(11)8(14-2)7(13)6(12)4-10/h3,5-8,10-13H,4H2,1-2H3/b9-3-/t5-,6+,7+,8+/m0/s1. The van der Waals surface area contributed by atoms with Crippen LogP contribution < -0.4 is 0 Å². The van der Waals surface area contributed by atoms with Gasteiger partial charge in [0.25, 0.3) is 0 Å². The lowest BCUT2D eigenvalue weighted by Crippen LogP contribution is -2.47. The normalized spacial score (nSPS) is 20.7. The van der Waals surface area contributed by atoms with Crippen LogP contribution in [0.1, 0.15) is 0 Å². The van der Waals surface area contributed by atoms with E-state index in [1.54, 1.807) is 0 Å². The van der Waals surface area contributed by atoms with E-state index in [1.807, 2.05) is 0 Å². The minimum atomic E-state index is -1.36. The summed E-state index contributed by atoms with van der Waals surface area (Å²) in [5.74, 6) is 0. The first kappa shape index (κ1) is 13.5. The van der Waals surface area contributed by atoms with Crippen LogP contribution in [0.2, 0.25) is 0 Å². The fraction of sp³-hybridized carbons (Fsp3) is 0.875. The van der Waals surface area contributed by atoms with E-state index >= 15 is 0 Å². The van der Waals surface area contributed by atoms with E-state index in [4.69, 9.17) is 14.9 Å². The Morgan fingerprint density at radius 2 is 1.93 bits per heavy atom. The lowest BCUT2D eigenvalue weighted by molar-refractivity contribution is -0.114. The summed E-state index contributed by atoms with van der Waals surface area (Å²) in [4.78, 5) is 3.56. The molecule has 0 heterocycles. The zero-order valence-corrected chi connectivity index (χ0v) is 8.24. The van der Waals surface area contributed by atoms with Crippen molar-refractivity contribution in [3.05, 3.63) is 0 Å². The second-order valence-electron chi connectivity index (χ2n) is 2.84. The maximum atomic E-state index is 9.42. The van der Waals surface area contributed by atoms with Gasteiger partial charge in [0.1, 0.15) is 24.4 Å². The summed E-state index contributed by atoms with van der Waals surface area (Å²) in [7, 11) is 2.75. The first-order chi connectivity index (χ1) is 6.58. The summed E-state index contributed by atoms with van der Waals surface area (Å²) in [6.45, 7) is -0.600. The van der Waals surface area contributed by atoms with Crippen LogP contribution in [0.5, 0.6) is 0 Å². The number of nitrogens with zero attached hydrogens (tertiary/aromatic N) is 1. The number of aliphatic hydroxyl groups is 4. The summed E-state index contributed by atoms with van der Waals surface area (Å²) in [5.41, 5.74) is 0. The van der Waals surface area contributed by atoms with E-state index in [-0.39, 0.29) is 0 Å². The van der Waals surface area contributed by atoms with Crippen molar-refractivity contribution in [2.45, 2.75) is 24.4 Å². The maximum absolute atomic E-state index is 9.42. The fourth-order valence-electron chi connectivity index (χ4n) is 1.05. The number of methoxy groups -OCH3 is 1. The smallest absolute Gasteiger partial charge is 0.117 e. The molecule has 0 spiro atoms. The van der Waals surface area contributed by atoms with Crippen LogP contribution in [0.25, 0.3) is 0 Å². The van der Waals surface area contributed by atoms with E-state index in [1.165, 1.54) is 20.4 Å². The van der Waals surface area contributed by atoms with E-state index in [0.29, 0.717) is 0 Å². The second kappa shape index (κ2) is 6.86. The van der Waals surface area contributed by atoms with Gasteiger partial charge >= 0.3 is 0 Å². The highest BCUT2D eigenvalue weighted by Crippen LogP contribution is 2.07. The van der Waals surface area contributed by atoms with E-state index < -0.39 is 31.0 Å². The molecule has 0 amide bonds. The van der Waals surface area contributed by atoms with Crippen molar-refractivity contribution >= 4 is 6.21 Å². The van der Waals surface area contributed by atoms with E-state index in [2.05, 4.69) is 4.99 Å². The van der Waals surface area contributed by atoms with Crippen molar-refractivity contribution < 1.29 is 25.2 Å². The van der Waals surface area contributed by atoms with Crippen molar-refractivity contribution in [3.63, 3.8) is 0 Å². The predicted octanol–water partition coefficient (Wildman–Crippen LogP) is -2.22. The topological polar surface area (TPSA) is 103 Å². The fourth-order valence-corrected chi connectivity index (χ4v) is 1.05. The van der Waals surface area contributed by atoms with Crippen LogP contribution in [0.4, 0.5) is 0 Å². The molecule has 0 aromatic rings. The zero-order chi connectivity index (χ0) is 11.1. The average molecular weight is 207 g/mol. The molecule has 0 saturated carbocycles. The van der Waals surface area contributed by atoms with Crippen LogP contribution in [-0.2, 0) is 4.74 Å². The van der Waals surface area contributed by atoms with Crippen molar-refractivity contribution in [2.75, 3.05) is 20.8 Å². The summed E-state index contributed by atoms with van der Waals surface area (Å²) in [5, 5.41) is 36.5. The molecule has 0 aromatic carbocycles. The Hall–Kier alpha value is -0.530. The highest BCUT2D eigenvalue weighted by molar-refractivity contribution is 5.63. The molecule has 4 atom stereocenters. The molecule has 0 fully saturated rings. The van der Waals surface area contributed by atoms with Crippen LogP contribution in [0, 0.1) is 0 Å². The maximum Gasteiger partial charge on any atom is 0.117 e. The van der Waals surface area contributed by atoms with Crippen molar-refractivity contribution in [1.82, 2.24) is 0 Å². The molecule has 0 bridgehead atoms. The minimum absolute atomic E-state index is 0.600. The SMILES string of the molecule is C/N=C\[C@H](O)[C@@H](OC)[C@H](O)[C@H](O)CO. The lowest BCUT2D eigenvalue weighted by Gasteiger charge is -2.26. The Morgan fingerprint density at radius 3 is 2.29 bits per heavy atom. The predicted molar refractivity (Wildman–Crippen MR) is 50.3 cm³/mol. The molecule has 0 unspecified atom stereocenters. The van der Waals surface area contributed by atoms with Crippen molar-refractivity contribution in [3.8, 4) is 0 Å². The monoisotopic (exact) mass is 207 g/mol. The molecule has 6 heteroatoms. The van der Waals surface area contributed by atoms with Gasteiger partial charge in [0.15, 0.2) is 0 Å². The van der Waals surface area contributed by atoms with Gasteiger partial charge in [-0.3, -0.25) is 4.99 Å². The van der Waals surface area contributed by atoms with E-state index in [9.17, 15) is 10.2 Å². The average Bonchev–Trinajstić information content (AvgIpc) is 2.18. The van der Waals surface area contributed by atoms with Gasteiger partial charge in [0, 0.05) is 20.4 Å². The van der Waals surface area contributed by atoms with Crippen LogP contribution in [-0.4, -0.2) is 71.8 Å². The molecule has 14 heavy (non-hydrogen) atoms. The quantitative estimate of drug-likeness (QED) is 0.369. The van der Waals surface area contributed by atoms with Gasteiger partial charge in [-0.1, -0.05) is 0 Å². The third-order valence-corrected chi connectivity index (χ3v) is 1.83. The van der Waals surface area contributed by atoms with Crippen LogP contribution in [0.15, 0.2) is 4.99 Å². The molecule has 0 radical (unpaired) electrons. The van der Waals surface area contributed by atoms with Gasteiger partial charge in [-0.25, -0.2) is 0 Å². The van der Waals surface area contributed by atoms with Gasteiger partial charge in [-0.15, -0.1) is 0 Å². The number of aliphatic hydroxyl groups excluding tert-OH is 4. The molecular formula is C8H17NO5. The van der Waals surface area contributed by atoms with E-state index in [0.717, 1.165) is 0 Å². The number of aliphatic imine (C=N–C) groups is 1. The molecular weight excluding hydrogens is 190 g/mol. The number of rotatable bonds is 6. The Morgan fingerprint density at radius 1 is 1.36 bits per heavy atom. The first-order valence-corrected chi connectivity index (χ1v) is 4.18. The molecule has 0 rings (SSSR count). The molecule has 0 aromatic heterocycles. The summed E-state index contributed by atoms with van der Waals surface area (Å²) < 4.78 is 4.79. The largest absolute Gasteiger partial charge is 0.394 e. The third kappa shape index (κ3) is 3.69. The summed E-state index contributed by atoms with van der Waals surface area (Å²) in [6, 6.07) is 0. The van der Waals surface area contributed by atoms with Gasteiger partial charge in [-0.05, 0) is 0 Å². The second-order valence-corrected chi connectivity index (χ2v) is 2.84. The zero-order valence-electron chi connectivity index (χ0n) is 8.24. The number of ether oxygens (including phenoxy) is 1. The molecule has 0 saturated heterocycles. The Kier molecular flexibility index (Phi) is 6.60. The molecule has 0 aliphatic rings. The van der Waals surface area contributed by atoms with Crippen molar-refractivity contribution in [2.24, 2.45) is 4.99 Å². The minimum Gasteiger partial charge on any atom is -0.394 e. The van der Waals surface area contributed by atoms with Gasteiger partial charge < -0.3 is 25.2 Å². The number of hydrogen-bond donors (Lipinski definition) is 4. The highest BCUT2D eigenvalue weighted by Gasteiger charge is 2.30. The number of hydrogen-bond acceptors (Lipinski definition) is 6. The molecule has 84 valence electrons. The van der Waals surface area contributed by atoms with Gasteiger partial charge in [0.05, 0.1) is 6.61 Å². The van der Waals surface area contributed by atoms with Gasteiger partial charge in [-0.2, -0.15) is 0 Å². The molecule has 4 N–H and O–H groups in total. The Bertz CT molecular complexity index is 175. The third-order valence-electron chi connectivity index (χ3n) is 1.83.